The number of rotatable bonds is 9. The summed E-state index contributed by atoms with van der Waals surface area (Å²) in [6.45, 7) is 8.59. The summed E-state index contributed by atoms with van der Waals surface area (Å²) in [6, 6.07) is 7.97. The van der Waals surface area contributed by atoms with Crippen LogP contribution in [0.4, 0.5) is 0 Å². The summed E-state index contributed by atoms with van der Waals surface area (Å²) in [5.41, 5.74) is 8.05. The zero-order valence-electron chi connectivity index (χ0n) is 14.5. The molecule has 0 fully saturated rings. The number of esters is 1. The Morgan fingerprint density at radius 3 is 2.39 bits per heavy atom. The van der Waals surface area contributed by atoms with E-state index in [-0.39, 0.29) is 24.6 Å². The van der Waals surface area contributed by atoms with Gasteiger partial charge in [-0.25, -0.2) is 0 Å². The van der Waals surface area contributed by atoms with Gasteiger partial charge < -0.3 is 4.74 Å². The van der Waals surface area contributed by atoms with Crippen molar-refractivity contribution in [1.29, 1.82) is 0 Å². The number of nitrogens with one attached hydrogen (secondary N) is 1. The maximum atomic E-state index is 12.5. The summed E-state index contributed by atoms with van der Waals surface area (Å²) in [7, 11) is -3.03. The molecule has 0 heterocycles. The van der Waals surface area contributed by atoms with Crippen LogP contribution in [-0.4, -0.2) is 19.1 Å². The molecule has 130 valence electrons. The lowest BCUT2D eigenvalue weighted by Crippen LogP contribution is -2.29. The predicted octanol–water partition coefficient (Wildman–Crippen LogP) is 3.64. The summed E-state index contributed by atoms with van der Waals surface area (Å²) in [6.07, 6.45) is 1.05. The van der Waals surface area contributed by atoms with Gasteiger partial charge in [0.05, 0.1) is 18.7 Å². The maximum Gasteiger partial charge on any atom is 0.309 e. The third-order valence-corrected chi connectivity index (χ3v) is 5.13. The van der Waals surface area contributed by atoms with Crippen molar-refractivity contribution >= 4 is 13.4 Å². The molecule has 0 bridgehead atoms. The van der Waals surface area contributed by atoms with Crippen LogP contribution in [0.2, 0.25) is 0 Å². The first kappa shape index (κ1) is 19.9. The topological polar surface area (TPSA) is 81.4 Å². The van der Waals surface area contributed by atoms with E-state index in [1.807, 2.05) is 31.2 Å². The predicted molar refractivity (Wildman–Crippen MR) is 94.4 cm³/mol. The number of nitrogens with two attached hydrogens (primary N) is 1. The second-order valence-corrected chi connectivity index (χ2v) is 8.50. The quantitative estimate of drug-likeness (QED) is 0.530. The van der Waals surface area contributed by atoms with Crippen molar-refractivity contribution in [2.75, 3.05) is 13.2 Å². The van der Waals surface area contributed by atoms with E-state index in [9.17, 15) is 9.36 Å². The van der Waals surface area contributed by atoms with E-state index < -0.39 is 7.44 Å². The van der Waals surface area contributed by atoms with Gasteiger partial charge in [0.2, 0.25) is 7.44 Å². The summed E-state index contributed by atoms with van der Waals surface area (Å²) in [4.78, 5) is 11.7. The van der Waals surface area contributed by atoms with Gasteiger partial charge in [0, 0.05) is 6.54 Å². The molecule has 1 aromatic rings. The Hall–Kier alpha value is -1.16. The molecule has 0 spiro atoms. The van der Waals surface area contributed by atoms with Crippen LogP contribution in [0.3, 0.4) is 0 Å². The van der Waals surface area contributed by atoms with Gasteiger partial charge in [0.25, 0.3) is 0 Å². The van der Waals surface area contributed by atoms with Gasteiger partial charge in [-0.3, -0.25) is 20.0 Å². The maximum absolute atomic E-state index is 12.5. The van der Waals surface area contributed by atoms with Crippen molar-refractivity contribution in [3.8, 4) is 0 Å². The number of ether oxygens (including phenoxy) is 1. The molecule has 0 saturated carbocycles. The molecule has 0 saturated heterocycles. The Kier molecular flexibility index (Phi) is 7.97. The number of carbonyl (C=O) groups is 1. The molecule has 1 rings (SSSR count). The van der Waals surface area contributed by atoms with Crippen LogP contribution < -0.4 is 10.6 Å². The van der Waals surface area contributed by atoms with Crippen molar-refractivity contribution in [1.82, 2.24) is 5.09 Å². The summed E-state index contributed by atoms with van der Waals surface area (Å²) < 4.78 is 17.5. The molecule has 5 nitrogen and oxygen atoms in total. The second kappa shape index (κ2) is 9.21. The van der Waals surface area contributed by atoms with Crippen molar-refractivity contribution in [2.24, 2.45) is 11.4 Å². The molecule has 23 heavy (non-hydrogen) atoms. The molecule has 6 heteroatoms. The van der Waals surface area contributed by atoms with Crippen molar-refractivity contribution < 1.29 is 14.1 Å². The summed E-state index contributed by atoms with van der Waals surface area (Å²) in [5, 5.41) is 2.83. The highest BCUT2D eigenvalue weighted by atomic mass is 31.2. The summed E-state index contributed by atoms with van der Waals surface area (Å²) in [5.74, 6) is -0.204. The van der Waals surface area contributed by atoms with Crippen LogP contribution in [0.15, 0.2) is 24.3 Å². The third-order valence-electron chi connectivity index (χ3n) is 3.58. The fourth-order valence-electron chi connectivity index (χ4n) is 2.05. The van der Waals surface area contributed by atoms with E-state index in [1.54, 1.807) is 6.92 Å². The Morgan fingerprint density at radius 1 is 1.26 bits per heavy atom. The molecule has 0 radical (unpaired) electrons. The van der Waals surface area contributed by atoms with Crippen molar-refractivity contribution in [3.05, 3.63) is 35.4 Å². The summed E-state index contributed by atoms with van der Waals surface area (Å²) >= 11 is 0. The molecular formula is C17H29N2O3P. The molecule has 2 atom stereocenters. The minimum Gasteiger partial charge on any atom is -0.465 e. The smallest absolute Gasteiger partial charge is 0.309 e. The lowest BCUT2D eigenvalue weighted by molar-refractivity contribution is -0.147. The number of benzene rings is 1. The van der Waals surface area contributed by atoms with Crippen LogP contribution in [-0.2, 0) is 20.3 Å². The lowest BCUT2D eigenvalue weighted by atomic mass is 10.0. The molecule has 2 unspecified atom stereocenters. The number of hydrogen-bond acceptors (Lipinski definition) is 3. The number of carbonyl (C=O) groups excluding carboxylic acids is 1. The zero-order chi connectivity index (χ0) is 17.5. The van der Waals surface area contributed by atoms with E-state index in [0.717, 1.165) is 12.0 Å². The molecule has 3 N–H and O–H groups in total. The molecule has 0 aliphatic carbocycles. The van der Waals surface area contributed by atoms with Gasteiger partial charge in [-0.2, -0.15) is 0 Å². The average molecular weight is 340 g/mol. The molecule has 0 aliphatic rings. The molecule has 0 aromatic heterocycles. The Labute approximate surface area is 139 Å². The van der Waals surface area contributed by atoms with Crippen molar-refractivity contribution in [2.45, 2.75) is 46.2 Å². The van der Waals surface area contributed by atoms with Crippen LogP contribution in [0, 0.1) is 5.92 Å². The van der Waals surface area contributed by atoms with Gasteiger partial charge in [0.1, 0.15) is 0 Å². The molecular weight excluding hydrogens is 311 g/mol. The Morgan fingerprint density at radius 2 is 1.87 bits per heavy atom. The average Bonchev–Trinajstić information content (AvgIpc) is 2.50. The van der Waals surface area contributed by atoms with Crippen LogP contribution in [0.25, 0.3) is 0 Å². The molecule has 0 amide bonds. The third kappa shape index (κ3) is 7.30. The highest BCUT2D eigenvalue weighted by Crippen LogP contribution is 2.36. The standard InChI is InChI=1S/C17H29N2O3P/c1-5-10-22-17(20)14(4)11-19-23(18,21)12-15-6-8-16(9-7-15)13(2)3/h6-9,13-14H,5,10-12H2,1-4H3,(H3,18,19,21). The van der Waals surface area contributed by atoms with E-state index >= 15 is 0 Å². The highest BCUT2D eigenvalue weighted by molar-refractivity contribution is 7.58. The lowest BCUT2D eigenvalue weighted by Gasteiger charge is -2.18. The normalized spacial score (nSPS) is 15.2. The van der Waals surface area contributed by atoms with E-state index in [4.69, 9.17) is 10.2 Å². The van der Waals surface area contributed by atoms with Crippen LogP contribution in [0.5, 0.6) is 0 Å². The first-order chi connectivity index (χ1) is 10.7. The monoisotopic (exact) mass is 340 g/mol. The largest absolute Gasteiger partial charge is 0.465 e. The zero-order valence-corrected chi connectivity index (χ0v) is 15.4. The fourth-order valence-corrected chi connectivity index (χ4v) is 3.50. The SMILES string of the molecule is CCCOC(=O)C(C)CNP(N)(=O)Cc1ccc(C(C)C)cc1. The Balaban J connectivity index is 2.52. The first-order valence-corrected chi connectivity index (χ1v) is 10.1. The van der Waals surface area contributed by atoms with Crippen LogP contribution >= 0.6 is 7.44 Å². The van der Waals surface area contributed by atoms with E-state index in [1.165, 1.54) is 5.56 Å². The van der Waals surface area contributed by atoms with Gasteiger partial charge in [-0.05, 0) is 23.5 Å². The molecule has 0 aliphatic heterocycles. The second-order valence-electron chi connectivity index (χ2n) is 6.28. The first-order valence-electron chi connectivity index (χ1n) is 8.13. The van der Waals surface area contributed by atoms with Gasteiger partial charge >= 0.3 is 5.97 Å². The highest BCUT2D eigenvalue weighted by Gasteiger charge is 2.21. The van der Waals surface area contributed by atoms with Crippen molar-refractivity contribution in [3.63, 3.8) is 0 Å². The minimum absolute atomic E-state index is 0.250. The number of hydrogen-bond donors (Lipinski definition) is 2. The van der Waals surface area contributed by atoms with E-state index in [0.29, 0.717) is 12.5 Å². The van der Waals surface area contributed by atoms with Gasteiger partial charge in [0.15, 0.2) is 0 Å². The van der Waals surface area contributed by atoms with Crippen LogP contribution in [0.1, 0.15) is 51.2 Å². The van der Waals surface area contributed by atoms with Gasteiger partial charge in [-0.15, -0.1) is 0 Å². The fraction of sp³-hybridized carbons (Fsp3) is 0.588. The minimum atomic E-state index is -3.03. The molecule has 1 aromatic carbocycles. The Bertz CT molecular complexity index is 543. The van der Waals surface area contributed by atoms with Gasteiger partial charge in [-0.1, -0.05) is 52.0 Å². The van der Waals surface area contributed by atoms with E-state index in [2.05, 4.69) is 18.9 Å².